The second-order valence-electron chi connectivity index (χ2n) is 9.03. The lowest BCUT2D eigenvalue weighted by molar-refractivity contribution is -0.141. The number of aryl methyl sites for hydroxylation is 1. The summed E-state index contributed by atoms with van der Waals surface area (Å²) in [6.07, 6.45) is 2.32. The Labute approximate surface area is 202 Å². The van der Waals surface area contributed by atoms with Crippen LogP contribution < -0.4 is 10.6 Å². The van der Waals surface area contributed by atoms with Gasteiger partial charge in [0.05, 0.1) is 5.92 Å². The van der Waals surface area contributed by atoms with E-state index < -0.39 is 23.9 Å². The molecule has 5 rings (SSSR count). The van der Waals surface area contributed by atoms with Gasteiger partial charge in [0.2, 0.25) is 0 Å². The van der Waals surface area contributed by atoms with Crippen LogP contribution in [-0.2, 0) is 16.6 Å². The maximum absolute atomic E-state index is 12.8. The Balaban J connectivity index is 1.24. The molecule has 0 radical (unpaired) electrons. The Bertz CT molecular complexity index is 1250. The van der Waals surface area contributed by atoms with Crippen molar-refractivity contribution in [3.05, 3.63) is 71.4 Å². The first kappa shape index (κ1) is 22.6. The molecule has 9 nitrogen and oxygen atoms in total. The van der Waals surface area contributed by atoms with E-state index >= 15 is 0 Å². The van der Waals surface area contributed by atoms with E-state index in [0.29, 0.717) is 19.3 Å². The number of aromatic nitrogens is 2. The normalized spacial score (nSPS) is 18.5. The van der Waals surface area contributed by atoms with Gasteiger partial charge >= 0.3 is 12.1 Å². The van der Waals surface area contributed by atoms with Crippen LogP contribution in [0.3, 0.4) is 0 Å². The number of hydrogen-bond acceptors (Lipinski definition) is 5. The van der Waals surface area contributed by atoms with Gasteiger partial charge in [0, 0.05) is 25.2 Å². The zero-order chi connectivity index (χ0) is 24.5. The lowest BCUT2D eigenvalue weighted by Gasteiger charge is -2.15. The first-order valence-electron chi connectivity index (χ1n) is 11.6. The van der Waals surface area contributed by atoms with Gasteiger partial charge in [-0.3, -0.25) is 19.6 Å². The molecule has 2 atom stereocenters. The number of amides is 2. The van der Waals surface area contributed by atoms with E-state index in [9.17, 15) is 19.5 Å². The van der Waals surface area contributed by atoms with Gasteiger partial charge in [-0.05, 0) is 41.5 Å². The SMILES string of the molecule is Cn1cc(C(=O)N[C@H]2CC[C@@H](C(=O)O)C2)c(NC(=O)OCC2c3ccccc3-c3ccccc32)n1. The van der Waals surface area contributed by atoms with Crippen molar-refractivity contribution in [3.63, 3.8) is 0 Å². The number of carboxylic acids is 1. The summed E-state index contributed by atoms with van der Waals surface area (Å²) in [7, 11) is 1.65. The van der Waals surface area contributed by atoms with Crippen molar-refractivity contribution < 1.29 is 24.2 Å². The lowest BCUT2D eigenvalue weighted by Crippen LogP contribution is -2.33. The van der Waals surface area contributed by atoms with Crippen LogP contribution in [0.5, 0.6) is 0 Å². The number of benzene rings is 2. The van der Waals surface area contributed by atoms with Gasteiger partial charge in [-0.15, -0.1) is 0 Å². The quantitative estimate of drug-likeness (QED) is 0.500. The zero-order valence-electron chi connectivity index (χ0n) is 19.2. The van der Waals surface area contributed by atoms with E-state index in [-0.39, 0.29) is 29.9 Å². The molecule has 0 bridgehead atoms. The molecule has 1 heterocycles. The number of carbonyl (C=O) groups excluding carboxylic acids is 2. The van der Waals surface area contributed by atoms with Crippen LogP contribution in [0.1, 0.15) is 46.7 Å². The average molecular weight is 475 g/mol. The maximum Gasteiger partial charge on any atom is 0.412 e. The molecule has 0 saturated heterocycles. The highest BCUT2D eigenvalue weighted by Crippen LogP contribution is 2.44. The van der Waals surface area contributed by atoms with Crippen molar-refractivity contribution in [1.82, 2.24) is 15.1 Å². The van der Waals surface area contributed by atoms with Gasteiger partial charge in [0.25, 0.3) is 5.91 Å². The highest BCUT2D eigenvalue weighted by atomic mass is 16.5. The standard InChI is InChI=1S/C26H26N4O5/c1-30-13-21(24(31)27-16-11-10-15(12-16)25(32)33)23(29-30)28-26(34)35-14-22-19-8-4-2-6-17(19)18-7-3-5-9-20(18)22/h2-9,13,15-16,22H,10-12,14H2,1H3,(H,27,31)(H,32,33)(H,28,29,34)/t15-,16+/m1/s1. The molecule has 3 N–H and O–H groups in total. The van der Waals surface area contributed by atoms with Gasteiger partial charge in [0.1, 0.15) is 12.2 Å². The molecule has 2 aliphatic carbocycles. The molecular weight excluding hydrogens is 448 g/mol. The fourth-order valence-electron chi connectivity index (χ4n) is 5.08. The van der Waals surface area contributed by atoms with Crippen molar-refractivity contribution in [1.29, 1.82) is 0 Å². The Morgan fingerprint density at radius 2 is 1.71 bits per heavy atom. The molecule has 1 fully saturated rings. The van der Waals surface area contributed by atoms with Crippen molar-refractivity contribution in [2.75, 3.05) is 11.9 Å². The Morgan fingerprint density at radius 1 is 1.06 bits per heavy atom. The number of aliphatic carboxylic acids is 1. The van der Waals surface area contributed by atoms with E-state index in [1.807, 2.05) is 36.4 Å². The van der Waals surface area contributed by atoms with Crippen LogP contribution in [0.4, 0.5) is 10.6 Å². The molecule has 0 spiro atoms. The number of carbonyl (C=O) groups is 3. The molecule has 180 valence electrons. The minimum absolute atomic E-state index is 0.0794. The Kier molecular flexibility index (Phi) is 5.98. The predicted molar refractivity (Wildman–Crippen MR) is 128 cm³/mol. The molecule has 1 saturated carbocycles. The minimum atomic E-state index is -0.847. The summed E-state index contributed by atoms with van der Waals surface area (Å²) < 4.78 is 7.00. The van der Waals surface area contributed by atoms with Crippen LogP contribution in [0.15, 0.2) is 54.7 Å². The summed E-state index contributed by atoms with van der Waals surface area (Å²) >= 11 is 0. The van der Waals surface area contributed by atoms with Crippen LogP contribution in [0.25, 0.3) is 11.1 Å². The smallest absolute Gasteiger partial charge is 0.412 e. The summed E-state index contributed by atoms with van der Waals surface area (Å²) in [5.74, 6) is -1.70. The van der Waals surface area contributed by atoms with E-state index in [1.165, 1.54) is 10.9 Å². The van der Waals surface area contributed by atoms with Gasteiger partial charge in [-0.25, -0.2) is 4.79 Å². The van der Waals surface area contributed by atoms with E-state index in [0.717, 1.165) is 22.3 Å². The number of ether oxygens (including phenoxy) is 1. The minimum Gasteiger partial charge on any atom is -0.481 e. The molecule has 2 amide bonds. The van der Waals surface area contributed by atoms with Gasteiger partial charge in [-0.1, -0.05) is 48.5 Å². The summed E-state index contributed by atoms with van der Waals surface area (Å²) in [6.45, 7) is 0.146. The number of nitrogens with zero attached hydrogens (tertiary/aromatic N) is 2. The van der Waals surface area contributed by atoms with Crippen LogP contribution in [0.2, 0.25) is 0 Å². The number of hydrogen-bond donors (Lipinski definition) is 3. The number of carboxylic acid groups (broad SMARTS) is 1. The van der Waals surface area contributed by atoms with Gasteiger partial charge < -0.3 is 15.2 Å². The lowest BCUT2D eigenvalue weighted by atomic mass is 9.98. The van der Waals surface area contributed by atoms with Crippen LogP contribution >= 0.6 is 0 Å². The Hall–Kier alpha value is -4.14. The molecule has 1 aromatic heterocycles. The zero-order valence-corrected chi connectivity index (χ0v) is 19.2. The van der Waals surface area contributed by atoms with E-state index in [4.69, 9.17) is 4.74 Å². The molecular formula is C26H26N4O5. The fraction of sp³-hybridized carbons (Fsp3) is 0.308. The van der Waals surface area contributed by atoms with Crippen molar-refractivity contribution >= 4 is 23.8 Å². The maximum atomic E-state index is 12.8. The van der Waals surface area contributed by atoms with Crippen LogP contribution in [0, 0.1) is 5.92 Å². The third kappa shape index (κ3) is 4.49. The summed E-state index contributed by atoms with van der Waals surface area (Å²) in [5.41, 5.74) is 4.68. The fourth-order valence-corrected chi connectivity index (χ4v) is 5.08. The summed E-state index contributed by atoms with van der Waals surface area (Å²) in [5, 5.41) is 18.8. The highest BCUT2D eigenvalue weighted by molar-refractivity contribution is 6.01. The second-order valence-corrected chi connectivity index (χ2v) is 9.03. The molecule has 0 aliphatic heterocycles. The number of nitrogens with one attached hydrogen (secondary N) is 2. The molecule has 0 unspecified atom stereocenters. The van der Waals surface area contributed by atoms with Gasteiger partial charge in [0.15, 0.2) is 5.82 Å². The number of rotatable bonds is 6. The molecule has 9 heteroatoms. The summed E-state index contributed by atoms with van der Waals surface area (Å²) in [4.78, 5) is 36.7. The highest BCUT2D eigenvalue weighted by Gasteiger charge is 2.32. The molecule has 3 aromatic rings. The van der Waals surface area contributed by atoms with Crippen molar-refractivity contribution in [2.45, 2.75) is 31.2 Å². The summed E-state index contributed by atoms with van der Waals surface area (Å²) in [6, 6.07) is 15.9. The first-order valence-corrected chi connectivity index (χ1v) is 11.6. The average Bonchev–Trinajstić information content (AvgIpc) is 3.54. The number of anilines is 1. The third-order valence-corrected chi connectivity index (χ3v) is 6.75. The first-order chi connectivity index (χ1) is 16.9. The second kappa shape index (κ2) is 9.25. The van der Waals surface area contributed by atoms with E-state index in [2.05, 4.69) is 27.9 Å². The largest absolute Gasteiger partial charge is 0.481 e. The molecule has 35 heavy (non-hydrogen) atoms. The molecule has 2 aromatic carbocycles. The van der Waals surface area contributed by atoms with Crippen molar-refractivity contribution in [2.24, 2.45) is 13.0 Å². The predicted octanol–water partition coefficient (Wildman–Crippen LogP) is 3.76. The van der Waals surface area contributed by atoms with Gasteiger partial charge in [-0.2, -0.15) is 5.10 Å². The Morgan fingerprint density at radius 3 is 2.34 bits per heavy atom. The monoisotopic (exact) mass is 474 g/mol. The van der Waals surface area contributed by atoms with Crippen molar-refractivity contribution in [3.8, 4) is 11.1 Å². The topological polar surface area (TPSA) is 123 Å². The van der Waals surface area contributed by atoms with E-state index in [1.54, 1.807) is 7.05 Å². The number of fused-ring (bicyclic) bond motifs is 3. The third-order valence-electron chi connectivity index (χ3n) is 6.75. The van der Waals surface area contributed by atoms with Crippen LogP contribution in [-0.4, -0.2) is 45.5 Å². The molecule has 2 aliphatic rings.